The van der Waals surface area contributed by atoms with Gasteiger partial charge >= 0.3 is 6.03 Å². The van der Waals surface area contributed by atoms with Crippen LogP contribution in [0.15, 0.2) is 0 Å². The van der Waals surface area contributed by atoms with Crippen molar-refractivity contribution in [2.45, 2.75) is 40.2 Å². The zero-order valence-electron chi connectivity index (χ0n) is 10.9. The van der Waals surface area contributed by atoms with Gasteiger partial charge in [0.25, 0.3) is 0 Å². The Kier molecular flexibility index (Phi) is 5.85. The molecule has 0 heterocycles. The fraction of sp³-hybridized carbons (Fsp3) is 0.818. The lowest BCUT2D eigenvalue weighted by Crippen LogP contribution is -2.49. The molecule has 94 valence electrons. The lowest BCUT2D eigenvalue weighted by Gasteiger charge is -2.22. The van der Waals surface area contributed by atoms with Crippen LogP contribution in [-0.4, -0.2) is 42.0 Å². The molecule has 0 radical (unpaired) electrons. The van der Waals surface area contributed by atoms with Crippen LogP contribution in [0.1, 0.15) is 34.6 Å². The van der Waals surface area contributed by atoms with Crippen LogP contribution < -0.4 is 10.6 Å². The van der Waals surface area contributed by atoms with Gasteiger partial charge in [0, 0.05) is 18.6 Å². The van der Waals surface area contributed by atoms with Gasteiger partial charge in [-0.25, -0.2) is 4.79 Å². The van der Waals surface area contributed by atoms with Crippen molar-refractivity contribution in [3.05, 3.63) is 0 Å². The lowest BCUT2D eigenvalue weighted by atomic mass is 10.1. The maximum Gasteiger partial charge on any atom is 0.315 e. The van der Waals surface area contributed by atoms with Gasteiger partial charge in [0.2, 0.25) is 5.91 Å². The fourth-order valence-corrected chi connectivity index (χ4v) is 1.23. The first kappa shape index (κ1) is 14.7. The number of amides is 3. The number of rotatable bonds is 4. The minimum Gasteiger partial charge on any atom is -0.342 e. The summed E-state index contributed by atoms with van der Waals surface area (Å²) in [5.41, 5.74) is -0.289. The van der Waals surface area contributed by atoms with Gasteiger partial charge in [0.15, 0.2) is 0 Å². The number of carbonyl (C=O) groups excluding carboxylic acids is 2. The Morgan fingerprint density at radius 2 is 1.62 bits per heavy atom. The summed E-state index contributed by atoms with van der Waals surface area (Å²) in [6, 6.07) is -0.312. The zero-order chi connectivity index (χ0) is 12.8. The smallest absolute Gasteiger partial charge is 0.315 e. The summed E-state index contributed by atoms with van der Waals surface area (Å²) in [7, 11) is 0. The van der Waals surface area contributed by atoms with Crippen LogP contribution in [0, 0.1) is 0 Å². The Bertz CT molecular complexity index is 242. The lowest BCUT2D eigenvalue weighted by molar-refractivity contribution is -0.129. The minimum absolute atomic E-state index is 0.0452. The van der Waals surface area contributed by atoms with Gasteiger partial charge in [-0.1, -0.05) is 0 Å². The molecule has 0 spiro atoms. The van der Waals surface area contributed by atoms with Crippen molar-refractivity contribution < 1.29 is 9.59 Å². The fourth-order valence-electron chi connectivity index (χ4n) is 1.23. The third kappa shape index (κ3) is 6.27. The molecular formula is C11H23N3O2. The van der Waals surface area contributed by atoms with Crippen molar-refractivity contribution in [1.82, 2.24) is 15.5 Å². The number of likely N-dealkylation sites (N-methyl/N-ethyl adjacent to an activating group) is 1. The maximum atomic E-state index is 11.6. The summed E-state index contributed by atoms with van der Waals surface area (Å²) >= 11 is 0. The van der Waals surface area contributed by atoms with Crippen LogP contribution in [0.2, 0.25) is 0 Å². The molecule has 3 amide bonds. The largest absolute Gasteiger partial charge is 0.342 e. The standard InChI is InChI=1S/C11H23N3O2/c1-6-14(7-2)9(15)8-12-10(16)13-11(3,4)5/h6-8H2,1-5H3,(H2,12,13,16). The zero-order valence-corrected chi connectivity index (χ0v) is 10.9. The van der Waals surface area contributed by atoms with Gasteiger partial charge in [-0.05, 0) is 34.6 Å². The van der Waals surface area contributed by atoms with Gasteiger partial charge in [-0.3, -0.25) is 4.79 Å². The molecule has 0 atom stereocenters. The summed E-state index contributed by atoms with van der Waals surface area (Å²) in [6.45, 7) is 10.9. The van der Waals surface area contributed by atoms with E-state index in [1.54, 1.807) is 4.90 Å². The Hall–Kier alpha value is -1.26. The average molecular weight is 229 g/mol. The van der Waals surface area contributed by atoms with E-state index >= 15 is 0 Å². The van der Waals surface area contributed by atoms with Crippen LogP contribution in [0.25, 0.3) is 0 Å². The van der Waals surface area contributed by atoms with Crippen LogP contribution in [0.4, 0.5) is 4.79 Å². The molecule has 0 saturated heterocycles. The summed E-state index contributed by atoms with van der Waals surface area (Å²) in [5.74, 6) is -0.0611. The topological polar surface area (TPSA) is 61.4 Å². The average Bonchev–Trinajstić information content (AvgIpc) is 2.14. The summed E-state index contributed by atoms with van der Waals surface area (Å²) in [4.78, 5) is 24.6. The minimum atomic E-state index is -0.312. The summed E-state index contributed by atoms with van der Waals surface area (Å²) in [5, 5.41) is 5.28. The molecule has 0 unspecified atom stereocenters. The monoisotopic (exact) mass is 229 g/mol. The number of carbonyl (C=O) groups is 2. The third-order valence-corrected chi connectivity index (χ3v) is 2.00. The Balaban J connectivity index is 3.97. The van der Waals surface area contributed by atoms with Gasteiger partial charge in [0.1, 0.15) is 0 Å². The second-order valence-corrected chi connectivity index (χ2v) is 4.62. The van der Waals surface area contributed by atoms with Crippen molar-refractivity contribution in [2.75, 3.05) is 19.6 Å². The molecule has 0 aliphatic rings. The molecule has 5 nitrogen and oxygen atoms in total. The second-order valence-electron chi connectivity index (χ2n) is 4.62. The van der Waals surface area contributed by atoms with E-state index in [2.05, 4.69) is 10.6 Å². The van der Waals surface area contributed by atoms with E-state index < -0.39 is 0 Å². The van der Waals surface area contributed by atoms with E-state index in [0.29, 0.717) is 13.1 Å². The quantitative estimate of drug-likeness (QED) is 0.754. The van der Waals surface area contributed by atoms with Crippen molar-refractivity contribution >= 4 is 11.9 Å². The molecule has 16 heavy (non-hydrogen) atoms. The van der Waals surface area contributed by atoms with Gasteiger partial charge in [-0.2, -0.15) is 0 Å². The highest BCUT2D eigenvalue weighted by Gasteiger charge is 2.15. The van der Waals surface area contributed by atoms with E-state index in [9.17, 15) is 9.59 Å². The van der Waals surface area contributed by atoms with Crippen molar-refractivity contribution in [1.29, 1.82) is 0 Å². The molecule has 0 aromatic rings. The van der Waals surface area contributed by atoms with Crippen LogP contribution in [-0.2, 0) is 4.79 Å². The number of nitrogens with zero attached hydrogens (tertiary/aromatic N) is 1. The molecule has 2 N–H and O–H groups in total. The predicted octanol–water partition coefficient (Wildman–Crippen LogP) is 0.952. The predicted molar refractivity (Wildman–Crippen MR) is 64.2 cm³/mol. The molecule has 0 aromatic carbocycles. The first-order valence-corrected chi connectivity index (χ1v) is 5.64. The highest BCUT2D eigenvalue weighted by molar-refractivity contribution is 5.84. The van der Waals surface area contributed by atoms with Gasteiger partial charge in [-0.15, -0.1) is 0 Å². The van der Waals surface area contributed by atoms with Crippen molar-refractivity contribution in [3.63, 3.8) is 0 Å². The third-order valence-electron chi connectivity index (χ3n) is 2.00. The van der Waals surface area contributed by atoms with E-state index in [1.165, 1.54) is 0 Å². The van der Waals surface area contributed by atoms with E-state index in [0.717, 1.165) is 0 Å². The first-order valence-electron chi connectivity index (χ1n) is 5.64. The summed E-state index contributed by atoms with van der Waals surface area (Å²) < 4.78 is 0. The highest BCUT2D eigenvalue weighted by Crippen LogP contribution is 1.97. The highest BCUT2D eigenvalue weighted by atomic mass is 16.2. The molecule has 0 saturated carbocycles. The van der Waals surface area contributed by atoms with E-state index in [4.69, 9.17) is 0 Å². The Morgan fingerprint density at radius 1 is 1.12 bits per heavy atom. The van der Waals surface area contributed by atoms with E-state index in [-0.39, 0.29) is 24.0 Å². The molecule has 0 rings (SSSR count). The second kappa shape index (κ2) is 6.35. The molecule has 0 fully saturated rings. The van der Waals surface area contributed by atoms with E-state index in [1.807, 2.05) is 34.6 Å². The number of urea groups is 1. The number of nitrogens with one attached hydrogen (secondary N) is 2. The molecule has 0 aliphatic heterocycles. The first-order chi connectivity index (χ1) is 7.30. The van der Waals surface area contributed by atoms with Crippen LogP contribution >= 0.6 is 0 Å². The SMILES string of the molecule is CCN(CC)C(=O)CNC(=O)NC(C)(C)C. The summed E-state index contributed by atoms with van der Waals surface area (Å²) in [6.07, 6.45) is 0. The van der Waals surface area contributed by atoms with Gasteiger partial charge in [0.05, 0.1) is 6.54 Å². The molecule has 0 bridgehead atoms. The molecular weight excluding hydrogens is 206 g/mol. The molecule has 0 aromatic heterocycles. The van der Waals surface area contributed by atoms with Crippen molar-refractivity contribution in [3.8, 4) is 0 Å². The molecule has 0 aliphatic carbocycles. The van der Waals surface area contributed by atoms with Crippen LogP contribution in [0.5, 0.6) is 0 Å². The van der Waals surface area contributed by atoms with Crippen molar-refractivity contribution in [2.24, 2.45) is 0 Å². The normalized spacial score (nSPS) is 10.8. The number of hydrogen-bond donors (Lipinski definition) is 2. The Labute approximate surface area is 97.6 Å². The van der Waals surface area contributed by atoms with Crippen LogP contribution in [0.3, 0.4) is 0 Å². The number of hydrogen-bond acceptors (Lipinski definition) is 2. The Morgan fingerprint density at radius 3 is 2.00 bits per heavy atom. The van der Waals surface area contributed by atoms with Gasteiger partial charge < -0.3 is 15.5 Å². The maximum absolute atomic E-state index is 11.6. The molecule has 5 heteroatoms.